The van der Waals surface area contributed by atoms with E-state index in [1.54, 1.807) is 0 Å². The molecule has 0 amide bonds. The van der Waals surface area contributed by atoms with E-state index in [0.717, 1.165) is 0 Å². The first-order valence-corrected chi connectivity index (χ1v) is 2.92. The fraction of sp³-hybridized carbons (Fsp3) is 0.800. The summed E-state index contributed by atoms with van der Waals surface area (Å²) in [6, 6.07) is 0. The lowest BCUT2D eigenvalue weighted by molar-refractivity contribution is -0.272. The van der Waals surface area contributed by atoms with Crippen LogP contribution in [-0.2, 0) is 4.79 Å². The van der Waals surface area contributed by atoms with E-state index in [2.05, 4.69) is 0 Å². The Bertz CT molecular complexity index is 223. The van der Waals surface area contributed by atoms with Crippen molar-refractivity contribution in [2.24, 2.45) is 0 Å². The van der Waals surface area contributed by atoms with E-state index in [9.17, 15) is 39.9 Å². The summed E-state index contributed by atoms with van der Waals surface area (Å²) < 4.78 is 91.6. The van der Waals surface area contributed by atoms with Gasteiger partial charge in [0.15, 0.2) is 0 Å². The molecule has 9 heteroatoms. The van der Waals surface area contributed by atoms with Gasteiger partial charge in [0, 0.05) is 0 Å². The van der Waals surface area contributed by atoms with Gasteiger partial charge in [0.2, 0.25) is 5.78 Å². The molecule has 0 aromatic rings. The van der Waals surface area contributed by atoms with Crippen molar-refractivity contribution in [1.29, 1.82) is 0 Å². The van der Waals surface area contributed by atoms with Crippen LogP contribution in [0.15, 0.2) is 0 Å². The zero-order valence-corrected chi connectivity index (χ0v) is 6.14. The zero-order chi connectivity index (χ0) is 11.8. The van der Waals surface area contributed by atoms with Gasteiger partial charge in [-0.15, -0.1) is 0 Å². The molecule has 1 nitrogen and oxygen atoms in total. The molecule has 14 heavy (non-hydrogen) atoms. The van der Waals surface area contributed by atoms with E-state index in [1.165, 1.54) is 0 Å². The Morgan fingerprint density at radius 3 is 1.43 bits per heavy atom. The third-order valence-electron chi connectivity index (χ3n) is 1.07. The standard InChI is InChI=1S/C5H2F8O/c6-3(7,8)1-2(14)4(9,10)5(11,12)13/h1H2. The molecule has 0 bridgehead atoms. The van der Waals surface area contributed by atoms with Gasteiger partial charge in [0.25, 0.3) is 0 Å². The molecule has 0 aliphatic carbocycles. The highest BCUT2D eigenvalue weighted by molar-refractivity contribution is 5.86. The molecular weight excluding hydrogens is 228 g/mol. The molecule has 0 aliphatic heterocycles. The van der Waals surface area contributed by atoms with Gasteiger partial charge in [-0.25, -0.2) is 0 Å². The molecule has 0 heterocycles. The first kappa shape index (κ1) is 13.1. The highest BCUT2D eigenvalue weighted by atomic mass is 19.4. The average molecular weight is 230 g/mol. The van der Waals surface area contributed by atoms with E-state index < -0.39 is 30.5 Å². The molecule has 0 rings (SSSR count). The number of Topliss-reactive ketones (excluding diaryl/α,β-unsaturated/α-hetero) is 1. The minimum Gasteiger partial charge on any atom is -0.292 e. The predicted molar refractivity (Wildman–Crippen MR) is 26.7 cm³/mol. The fourth-order valence-electron chi connectivity index (χ4n) is 0.451. The summed E-state index contributed by atoms with van der Waals surface area (Å²) in [5.41, 5.74) is 0. The Hall–Kier alpha value is -0.890. The molecule has 0 aromatic heterocycles. The van der Waals surface area contributed by atoms with Crippen LogP contribution in [0, 0.1) is 0 Å². The predicted octanol–water partition coefficient (Wildman–Crippen LogP) is 2.71. The number of carbonyl (C=O) groups excluding carboxylic acids is 1. The third kappa shape index (κ3) is 3.11. The van der Waals surface area contributed by atoms with Gasteiger partial charge < -0.3 is 0 Å². The fourth-order valence-corrected chi connectivity index (χ4v) is 0.451. The van der Waals surface area contributed by atoms with Crippen molar-refractivity contribution in [3.63, 3.8) is 0 Å². The van der Waals surface area contributed by atoms with E-state index in [1.807, 2.05) is 0 Å². The van der Waals surface area contributed by atoms with Crippen LogP contribution in [0.2, 0.25) is 0 Å². The van der Waals surface area contributed by atoms with E-state index in [0.29, 0.717) is 0 Å². The maximum absolute atomic E-state index is 11.9. The Morgan fingerprint density at radius 1 is 0.857 bits per heavy atom. The third-order valence-corrected chi connectivity index (χ3v) is 1.07. The normalized spacial score (nSPS) is 14.3. The highest BCUT2D eigenvalue weighted by Gasteiger charge is 2.64. The van der Waals surface area contributed by atoms with Crippen molar-refractivity contribution in [3.05, 3.63) is 0 Å². The number of halogens is 8. The Balaban J connectivity index is 4.70. The van der Waals surface area contributed by atoms with Crippen molar-refractivity contribution >= 4 is 5.78 Å². The summed E-state index contributed by atoms with van der Waals surface area (Å²) >= 11 is 0. The van der Waals surface area contributed by atoms with Crippen LogP contribution in [0.5, 0.6) is 0 Å². The molecule has 0 radical (unpaired) electrons. The average Bonchev–Trinajstić information content (AvgIpc) is 1.80. The highest BCUT2D eigenvalue weighted by Crippen LogP contribution is 2.38. The Morgan fingerprint density at radius 2 is 1.21 bits per heavy atom. The number of ketones is 1. The zero-order valence-electron chi connectivity index (χ0n) is 6.14. The van der Waals surface area contributed by atoms with Crippen LogP contribution in [0.3, 0.4) is 0 Å². The van der Waals surface area contributed by atoms with E-state index in [-0.39, 0.29) is 0 Å². The number of hydrogen-bond acceptors (Lipinski definition) is 1. The molecule has 0 aliphatic rings. The van der Waals surface area contributed by atoms with Gasteiger partial charge >= 0.3 is 18.3 Å². The first-order valence-electron chi connectivity index (χ1n) is 2.92. The van der Waals surface area contributed by atoms with Gasteiger partial charge in [-0.05, 0) is 0 Å². The van der Waals surface area contributed by atoms with Crippen LogP contribution in [0.1, 0.15) is 6.42 Å². The first-order chi connectivity index (χ1) is 5.88. The van der Waals surface area contributed by atoms with Gasteiger partial charge in [-0.2, -0.15) is 35.1 Å². The minimum atomic E-state index is -6.30. The minimum absolute atomic E-state index is 2.81. The summed E-state index contributed by atoms with van der Waals surface area (Å²) in [6.07, 6.45) is -14.5. The molecule has 0 fully saturated rings. The molecular formula is C5H2F8O. The summed E-state index contributed by atoms with van der Waals surface area (Å²) in [7, 11) is 0. The molecule has 84 valence electrons. The maximum atomic E-state index is 11.9. The number of alkyl halides is 8. The van der Waals surface area contributed by atoms with Crippen LogP contribution >= 0.6 is 0 Å². The van der Waals surface area contributed by atoms with Crippen molar-refractivity contribution in [1.82, 2.24) is 0 Å². The smallest absolute Gasteiger partial charge is 0.292 e. The van der Waals surface area contributed by atoms with Crippen molar-refractivity contribution < 1.29 is 39.9 Å². The summed E-state index contributed by atoms with van der Waals surface area (Å²) in [6.45, 7) is 0. The molecule has 0 N–H and O–H groups in total. The van der Waals surface area contributed by atoms with Crippen molar-refractivity contribution in [2.75, 3.05) is 0 Å². The second kappa shape index (κ2) is 3.35. The topological polar surface area (TPSA) is 17.1 Å². The molecule has 0 unspecified atom stereocenters. The maximum Gasteiger partial charge on any atom is 0.461 e. The number of hydrogen-bond donors (Lipinski definition) is 0. The summed E-state index contributed by atoms with van der Waals surface area (Å²) in [5, 5.41) is 0. The molecule has 0 aromatic carbocycles. The van der Waals surface area contributed by atoms with E-state index >= 15 is 0 Å². The molecule has 0 spiro atoms. The molecule has 0 saturated heterocycles. The van der Waals surface area contributed by atoms with Crippen LogP contribution in [0.4, 0.5) is 35.1 Å². The molecule has 0 saturated carbocycles. The lowest BCUT2D eigenvalue weighted by Crippen LogP contribution is -2.45. The Labute approximate surface area is 71.7 Å². The molecule has 0 atom stereocenters. The van der Waals surface area contributed by atoms with Crippen molar-refractivity contribution in [2.45, 2.75) is 24.7 Å². The Kier molecular flexibility index (Phi) is 3.14. The van der Waals surface area contributed by atoms with Crippen molar-refractivity contribution in [3.8, 4) is 0 Å². The van der Waals surface area contributed by atoms with Gasteiger partial charge in [-0.3, -0.25) is 4.79 Å². The number of rotatable bonds is 2. The van der Waals surface area contributed by atoms with Crippen LogP contribution < -0.4 is 0 Å². The largest absolute Gasteiger partial charge is 0.461 e. The SMILES string of the molecule is O=C(CC(F)(F)F)C(F)(F)C(F)(F)F. The summed E-state index contributed by atoms with van der Waals surface area (Å²) in [5.74, 6) is -9.17. The number of carbonyl (C=O) groups is 1. The second-order valence-corrected chi connectivity index (χ2v) is 2.29. The van der Waals surface area contributed by atoms with Gasteiger partial charge in [0.05, 0.1) is 0 Å². The lowest BCUT2D eigenvalue weighted by atomic mass is 10.1. The van der Waals surface area contributed by atoms with Crippen LogP contribution in [-0.4, -0.2) is 24.1 Å². The lowest BCUT2D eigenvalue weighted by Gasteiger charge is -2.18. The van der Waals surface area contributed by atoms with Gasteiger partial charge in [0.1, 0.15) is 6.42 Å². The quantitative estimate of drug-likeness (QED) is 0.666. The summed E-state index contributed by atoms with van der Waals surface area (Å²) in [4.78, 5) is 9.94. The second-order valence-electron chi connectivity index (χ2n) is 2.29. The van der Waals surface area contributed by atoms with Crippen LogP contribution in [0.25, 0.3) is 0 Å². The monoisotopic (exact) mass is 230 g/mol. The van der Waals surface area contributed by atoms with Gasteiger partial charge in [-0.1, -0.05) is 0 Å². The van der Waals surface area contributed by atoms with E-state index in [4.69, 9.17) is 0 Å².